The van der Waals surface area contributed by atoms with E-state index in [4.69, 9.17) is 10.8 Å². The number of sulfone groups is 1. The van der Waals surface area contributed by atoms with E-state index in [0.717, 1.165) is 5.69 Å². The molecule has 2 atom stereocenters. The van der Waals surface area contributed by atoms with Crippen molar-refractivity contribution in [3.63, 3.8) is 0 Å². The maximum absolute atomic E-state index is 12.9. The minimum Gasteiger partial charge on any atom is -0.480 e. The number of benzene rings is 2. The van der Waals surface area contributed by atoms with Crippen molar-refractivity contribution in [2.24, 2.45) is 21.9 Å². The predicted molar refractivity (Wildman–Crippen MR) is 113 cm³/mol. The maximum Gasteiger partial charge on any atom is 0.320 e. The molecule has 156 valence electrons. The molecule has 0 saturated carbocycles. The van der Waals surface area contributed by atoms with Crippen LogP contribution in [0.15, 0.2) is 63.7 Å². The number of rotatable bonds is 9. The summed E-state index contributed by atoms with van der Waals surface area (Å²) in [6, 6.07) is 12.7. The first-order chi connectivity index (χ1) is 13.6. The van der Waals surface area contributed by atoms with Crippen LogP contribution in [-0.4, -0.2) is 45.4 Å². The molecule has 0 radical (unpaired) electrons. The highest BCUT2D eigenvalue weighted by molar-refractivity contribution is 7.91. The average Bonchev–Trinajstić information content (AvgIpc) is 2.66. The Labute approximate surface area is 171 Å². The molecule has 0 bridgehead atoms. The minimum atomic E-state index is -3.70. The van der Waals surface area contributed by atoms with Crippen molar-refractivity contribution < 1.29 is 18.3 Å². The standard InChI is InChI=1S/C20H26N4O4S/c1-14(12-15(21)20(25)26)13-29(27,28)19-11-7-5-9-17(19)23-22-16-8-4-6-10-18(16)24(2)3/h4-11,14-15H,12-13,21H2,1-3H3,(H,25,26)/t14?,15-/m0/s1. The lowest BCUT2D eigenvalue weighted by molar-refractivity contribution is -0.138. The van der Waals surface area contributed by atoms with Crippen LogP contribution in [0, 0.1) is 5.92 Å². The van der Waals surface area contributed by atoms with E-state index in [1.165, 1.54) is 6.07 Å². The maximum atomic E-state index is 12.9. The zero-order valence-electron chi connectivity index (χ0n) is 16.7. The number of nitrogens with two attached hydrogens (primary N) is 1. The summed E-state index contributed by atoms with van der Waals surface area (Å²) in [4.78, 5) is 12.9. The summed E-state index contributed by atoms with van der Waals surface area (Å²) in [6.07, 6.45) is 0.0639. The van der Waals surface area contributed by atoms with Gasteiger partial charge in [0.25, 0.3) is 0 Å². The summed E-state index contributed by atoms with van der Waals surface area (Å²) in [6.45, 7) is 1.66. The van der Waals surface area contributed by atoms with Gasteiger partial charge in [-0.15, -0.1) is 10.2 Å². The van der Waals surface area contributed by atoms with Crippen molar-refractivity contribution in [3.05, 3.63) is 48.5 Å². The SMILES string of the molecule is CC(C[C@H](N)C(=O)O)CS(=O)(=O)c1ccccc1N=Nc1ccccc1N(C)C. The summed E-state index contributed by atoms with van der Waals surface area (Å²) in [5, 5.41) is 17.4. The van der Waals surface area contributed by atoms with Crippen molar-refractivity contribution in [2.75, 3.05) is 24.7 Å². The molecule has 0 aliphatic heterocycles. The van der Waals surface area contributed by atoms with Crippen LogP contribution in [0.4, 0.5) is 17.1 Å². The molecule has 2 aromatic rings. The van der Waals surface area contributed by atoms with Gasteiger partial charge in [-0.2, -0.15) is 0 Å². The first-order valence-electron chi connectivity index (χ1n) is 9.10. The monoisotopic (exact) mass is 418 g/mol. The van der Waals surface area contributed by atoms with Gasteiger partial charge < -0.3 is 15.7 Å². The van der Waals surface area contributed by atoms with E-state index in [1.54, 1.807) is 31.2 Å². The Morgan fingerprint density at radius 3 is 2.24 bits per heavy atom. The molecule has 0 saturated heterocycles. The van der Waals surface area contributed by atoms with E-state index in [0.29, 0.717) is 5.69 Å². The van der Waals surface area contributed by atoms with E-state index in [9.17, 15) is 13.2 Å². The predicted octanol–water partition coefficient (Wildman–Crippen LogP) is 3.38. The Morgan fingerprint density at radius 2 is 1.62 bits per heavy atom. The van der Waals surface area contributed by atoms with Crippen molar-refractivity contribution in [2.45, 2.75) is 24.3 Å². The highest BCUT2D eigenvalue weighted by Crippen LogP contribution is 2.31. The smallest absolute Gasteiger partial charge is 0.320 e. The molecular weight excluding hydrogens is 392 g/mol. The molecule has 2 rings (SSSR count). The average molecular weight is 419 g/mol. The molecule has 0 spiro atoms. The van der Waals surface area contributed by atoms with Crippen LogP contribution in [0.25, 0.3) is 0 Å². The lowest BCUT2D eigenvalue weighted by Crippen LogP contribution is -2.33. The molecule has 0 aromatic heterocycles. The topological polar surface area (TPSA) is 125 Å². The summed E-state index contributed by atoms with van der Waals surface area (Å²) >= 11 is 0. The van der Waals surface area contributed by atoms with Crippen molar-refractivity contribution in [3.8, 4) is 0 Å². The zero-order valence-corrected chi connectivity index (χ0v) is 17.5. The van der Waals surface area contributed by atoms with Gasteiger partial charge >= 0.3 is 5.97 Å². The second kappa shape index (κ2) is 9.62. The number of azo groups is 1. The first kappa shape index (κ1) is 22.5. The van der Waals surface area contributed by atoms with Crippen molar-refractivity contribution in [1.29, 1.82) is 0 Å². The van der Waals surface area contributed by atoms with Gasteiger partial charge in [0.2, 0.25) is 0 Å². The summed E-state index contributed by atoms with van der Waals surface area (Å²) in [7, 11) is 0.0648. The lowest BCUT2D eigenvalue weighted by atomic mass is 10.0. The number of aliphatic carboxylic acids is 1. The number of carboxylic acids is 1. The number of hydrogen-bond acceptors (Lipinski definition) is 7. The van der Waals surface area contributed by atoms with Crippen molar-refractivity contribution >= 4 is 32.9 Å². The van der Waals surface area contributed by atoms with Gasteiger partial charge in [0.1, 0.15) is 17.4 Å². The highest BCUT2D eigenvalue weighted by Gasteiger charge is 2.24. The first-order valence-corrected chi connectivity index (χ1v) is 10.8. The molecule has 8 nitrogen and oxygen atoms in total. The molecule has 29 heavy (non-hydrogen) atoms. The Balaban J connectivity index is 2.29. The third-order valence-electron chi connectivity index (χ3n) is 4.31. The molecular formula is C20H26N4O4S. The summed E-state index contributed by atoms with van der Waals surface area (Å²) in [5.41, 5.74) is 7.23. The van der Waals surface area contributed by atoms with E-state index < -0.39 is 27.8 Å². The molecule has 0 aliphatic carbocycles. The van der Waals surface area contributed by atoms with Crippen LogP contribution in [0.2, 0.25) is 0 Å². The molecule has 0 fully saturated rings. The molecule has 3 N–H and O–H groups in total. The molecule has 2 aromatic carbocycles. The highest BCUT2D eigenvalue weighted by atomic mass is 32.2. The van der Waals surface area contributed by atoms with Crippen LogP contribution >= 0.6 is 0 Å². The Bertz CT molecular complexity index is 989. The molecule has 0 aliphatic rings. The number of carbonyl (C=O) groups is 1. The van der Waals surface area contributed by atoms with Gasteiger partial charge in [-0.25, -0.2) is 8.42 Å². The van der Waals surface area contributed by atoms with E-state index in [2.05, 4.69) is 10.2 Å². The van der Waals surface area contributed by atoms with Crippen molar-refractivity contribution in [1.82, 2.24) is 0 Å². The second-order valence-corrected chi connectivity index (χ2v) is 9.12. The number of hydrogen-bond donors (Lipinski definition) is 2. The zero-order chi connectivity index (χ0) is 21.6. The normalized spacial score (nSPS) is 13.9. The summed E-state index contributed by atoms with van der Waals surface area (Å²) in [5.74, 6) is -1.80. The fourth-order valence-corrected chi connectivity index (χ4v) is 4.68. The van der Waals surface area contributed by atoms with Crippen LogP contribution < -0.4 is 10.6 Å². The third kappa shape index (κ3) is 6.10. The number of carboxylic acid groups (broad SMARTS) is 1. The Kier molecular flexibility index (Phi) is 7.46. The van der Waals surface area contributed by atoms with Gasteiger partial charge in [-0.05, 0) is 36.6 Å². The van der Waals surface area contributed by atoms with E-state index in [1.807, 2.05) is 37.2 Å². The van der Waals surface area contributed by atoms with Gasteiger partial charge in [0, 0.05) is 14.1 Å². The fraction of sp³-hybridized carbons (Fsp3) is 0.350. The third-order valence-corrected chi connectivity index (χ3v) is 6.33. The molecule has 1 unspecified atom stereocenters. The van der Waals surface area contributed by atoms with Crippen LogP contribution in [0.3, 0.4) is 0 Å². The van der Waals surface area contributed by atoms with Crippen LogP contribution in [-0.2, 0) is 14.6 Å². The second-order valence-electron chi connectivity index (χ2n) is 7.12. The van der Waals surface area contributed by atoms with Crippen LogP contribution in [0.5, 0.6) is 0 Å². The molecule has 9 heteroatoms. The van der Waals surface area contributed by atoms with Gasteiger partial charge in [-0.3, -0.25) is 4.79 Å². The largest absolute Gasteiger partial charge is 0.480 e. The Hall–Kier alpha value is -2.78. The fourth-order valence-electron chi connectivity index (χ4n) is 2.90. The number of nitrogens with zero attached hydrogens (tertiary/aromatic N) is 3. The van der Waals surface area contributed by atoms with Crippen LogP contribution in [0.1, 0.15) is 13.3 Å². The molecule has 0 amide bonds. The number of anilines is 1. The summed E-state index contributed by atoms with van der Waals surface area (Å²) < 4.78 is 25.8. The van der Waals surface area contributed by atoms with Gasteiger partial charge in [-0.1, -0.05) is 31.2 Å². The van der Waals surface area contributed by atoms with E-state index in [-0.39, 0.29) is 22.8 Å². The lowest BCUT2D eigenvalue weighted by Gasteiger charge is -2.15. The number of para-hydroxylation sites is 1. The quantitative estimate of drug-likeness (QED) is 0.601. The minimum absolute atomic E-state index is 0.0573. The van der Waals surface area contributed by atoms with E-state index >= 15 is 0 Å². The Morgan fingerprint density at radius 1 is 1.07 bits per heavy atom. The molecule has 0 heterocycles. The van der Waals surface area contributed by atoms with Gasteiger partial charge in [0.15, 0.2) is 9.84 Å². The van der Waals surface area contributed by atoms with Gasteiger partial charge in [0.05, 0.1) is 16.3 Å².